The molecule has 1 fully saturated rings. The Morgan fingerprint density at radius 1 is 1.02 bits per heavy atom. The van der Waals surface area contributed by atoms with Gasteiger partial charge < -0.3 is 26.6 Å². The number of likely N-dealkylation sites (tertiary alicyclic amines) is 1. The van der Waals surface area contributed by atoms with Crippen LogP contribution in [0.2, 0.25) is 0 Å². The molecule has 0 saturated carbocycles. The van der Waals surface area contributed by atoms with Crippen molar-refractivity contribution in [2.24, 2.45) is 5.73 Å². The van der Waals surface area contributed by atoms with E-state index in [1.165, 1.54) is 0 Å². The lowest BCUT2D eigenvalue weighted by Gasteiger charge is -2.36. The predicted molar refractivity (Wildman–Crippen MR) is 149 cm³/mol. The van der Waals surface area contributed by atoms with Crippen molar-refractivity contribution < 1.29 is 19.2 Å². The monoisotopic (exact) mass is 544 g/mol. The lowest BCUT2D eigenvalue weighted by atomic mass is 9.68. The standard InChI is InChI=1S/C30H36N6O4/c1-18(35-17-26(37)36-12-4-5-23(36)16-31)15-30(29(32)40)24-10-8-21(27(38)33-2)13-19(24)6-7-20-14-22(28(39)34-3)9-11-25(20)30/h8-11,13-14,18,23,35H,4-7,12,15,17H2,1-3H3,(H2,32,40)(H,33,38)(H,34,39)/t18-,23?/m1/s1. The zero-order valence-corrected chi connectivity index (χ0v) is 23.2. The van der Waals surface area contributed by atoms with Gasteiger partial charge in [0.25, 0.3) is 11.8 Å². The normalized spacial score (nSPS) is 17.9. The van der Waals surface area contributed by atoms with E-state index >= 15 is 0 Å². The molecule has 4 rings (SSSR count). The molecule has 0 radical (unpaired) electrons. The molecule has 0 aromatic heterocycles. The minimum atomic E-state index is -1.28. The van der Waals surface area contributed by atoms with Crippen LogP contribution in [0.25, 0.3) is 0 Å². The SMILES string of the molecule is CNC(=O)c1ccc2c(c1)CCc1cc(C(=O)NC)ccc1C2(C[C@@H](C)NCC(=O)N1CCCC1C#N)C(N)=O. The fourth-order valence-corrected chi connectivity index (χ4v) is 6.10. The predicted octanol–water partition coefficient (Wildman–Crippen LogP) is 1.16. The number of fused-ring (bicyclic) bond motifs is 2. The number of amides is 4. The Bertz CT molecular complexity index is 1310. The van der Waals surface area contributed by atoms with Crippen LogP contribution in [0.1, 0.15) is 69.2 Å². The summed E-state index contributed by atoms with van der Waals surface area (Å²) in [5.74, 6) is -1.18. The van der Waals surface area contributed by atoms with Gasteiger partial charge in [0.05, 0.1) is 12.6 Å². The number of hydrogen-bond donors (Lipinski definition) is 4. The van der Waals surface area contributed by atoms with E-state index in [1.54, 1.807) is 55.4 Å². The maximum atomic E-state index is 13.6. The van der Waals surface area contributed by atoms with E-state index < -0.39 is 17.4 Å². The van der Waals surface area contributed by atoms with Gasteiger partial charge in [-0.25, -0.2) is 0 Å². The van der Waals surface area contributed by atoms with Crippen molar-refractivity contribution in [2.45, 2.75) is 56.5 Å². The van der Waals surface area contributed by atoms with E-state index in [4.69, 9.17) is 5.73 Å². The molecule has 1 unspecified atom stereocenters. The fourth-order valence-electron chi connectivity index (χ4n) is 6.10. The molecule has 4 amide bonds. The molecule has 5 N–H and O–H groups in total. The summed E-state index contributed by atoms with van der Waals surface area (Å²) in [6.07, 6.45) is 2.81. The average Bonchev–Trinajstić information content (AvgIpc) is 3.40. The second kappa shape index (κ2) is 11.9. The van der Waals surface area contributed by atoms with Gasteiger partial charge in [-0.05, 0) is 85.5 Å². The number of nitrogens with two attached hydrogens (primary N) is 1. The largest absolute Gasteiger partial charge is 0.369 e. The first-order valence-corrected chi connectivity index (χ1v) is 13.6. The molecule has 1 aliphatic carbocycles. The van der Waals surface area contributed by atoms with Crippen molar-refractivity contribution in [2.75, 3.05) is 27.2 Å². The van der Waals surface area contributed by atoms with Crippen LogP contribution in [0, 0.1) is 11.3 Å². The van der Waals surface area contributed by atoms with Gasteiger partial charge in [-0.15, -0.1) is 0 Å². The Morgan fingerprint density at radius 2 is 1.57 bits per heavy atom. The number of nitrogens with one attached hydrogen (secondary N) is 3. The average molecular weight is 545 g/mol. The number of carbonyl (C=O) groups is 4. The number of hydrogen-bond acceptors (Lipinski definition) is 6. The number of carbonyl (C=O) groups excluding carboxylic acids is 4. The second-order valence-electron chi connectivity index (χ2n) is 10.5. The van der Waals surface area contributed by atoms with Gasteiger partial charge >= 0.3 is 0 Å². The zero-order chi connectivity index (χ0) is 29.0. The number of primary amides is 1. The lowest BCUT2D eigenvalue weighted by Crippen LogP contribution is -2.49. The van der Waals surface area contributed by atoms with Crippen molar-refractivity contribution in [3.63, 3.8) is 0 Å². The van der Waals surface area contributed by atoms with Crippen LogP contribution in [0.5, 0.6) is 0 Å². The summed E-state index contributed by atoms with van der Waals surface area (Å²) >= 11 is 0. The minimum Gasteiger partial charge on any atom is -0.369 e. The van der Waals surface area contributed by atoms with Gasteiger partial charge in [0.15, 0.2) is 0 Å². The first kappa shape index (κ1) is 28.8. The second-order valence-corrected chi connectivity index (χ2v) is 10.5. The summed E-state index contributed by atoms with van der Waals surface area (Å²) in [7, 11) is 3.13. The first-order valence-electron chi connectivity index (χ1n) is 13.6. The van der Waals surface area contributed by atoms with Crippen LogP contribution in [-0.4, -0.2) is 67.8 Å². The maximum absolute atomic E-state index is 13.6. The Hall–Kier alpha value is -4.23. The van der Waals surface area contributed by atoms with Crippen molar-refractivity contribution in [1.29, 1.82) is 5.26 Å². The van der Waals surface area contributed by atoms with Crippen LogP contribution in [0.4, 0.5) is 0 Å². The number of aryl methyl sites for hydroxylation is 2. The van der Waals surface area contributed by atoms with Gasteiger partial charge in [0.1, 0.15) is 11.5 Å². The summed E-state index contributed by atoms with van der Waals surface area (Å²) in [5, 5.41) is 17.9. The Labute approximate surface area is 234 Å². The molecule has 2 aromatic rings. The van der Waals surface area contributed by atoms with Crippen LogP contribution in [0.15, 0.2) is 36.4 Å². The smallest absolute Gasteiger partial charge is 0.251 e. The molecule has 1 aliphatic heterocycles. The summed E-state index contributed by atoms with van der Waals surface area (Å²) < 4.78 is 0. The third kappa shape index (κ3) is 5.29. The van der Waals surface area contributed by atoms with Gasteiger partial charge in [-0.1, -0.05) is 12.1 Å². The highest BCUT2D eigenvalue weighted by Crippen LogP contribution is 2.43. The molecule has 40 heavy (non-hydrogen) atoms. The van der Waals surface area contributed by atoms with Gasteiger partial charge in [0, 0.05) is 37.8 Å². The molecule has 1 heterocycles. The Morgan fingerprint density at radius 3 is 2.05 bits per heavy atom. The highest BCUT2D eigenvalue weighted by Gasteiger charge is 2.46. The van der Waals surface area contributed by atoms with E-state index in [0.29, 0.717) is 48.1 Å². The summed E-state index contributed by atoms with van der Waals surface area (Å²) in [5.41, 5.74) is 9.01. The van der Waals surface area contributed by atoms with E-state index in [0.717, 1.165) is 17.5 Å². The fraction of sp³-hybridized carbons (Fsp3) is 0.433. The van der Waals surface area contributed by atoms with Gasteiger partial charge in [-0.3, -0.25) is 19.2 Å². The molecule has 2 aliphatic rings. The molecular formula is C30H36N6O4. The number of nitriles is 1. The zero-order valence-electron chi connectivity index (χ0n) is 23.2. The van der Waals surface area contributed by atoms with Gasteiger partial charge in [0.2, 0.25) is 11.8 Å². The summed E-state index contributed by atoms with van der Waals surface area (Å²) in [6.45, 7) is 2.48. The highest BCUT2D eigenvalue weighted by molar-refractivity contribution is 5.97. The number of nitrogens with zero attached hydrogens (tertiary/aromatic N) is 2. The number of rotatable bonds is 8. The third-order valence-electron chi connectivity index (χ3n) is 8.13. The molecule has 1 saturated heterocycles. The van der Waals surface area contributed by atoms with E-state index in [2.05, 4.69) is 22.0 Å². The first-order chi connectivity index (χ1) is 19.2. The lowest BCUT2D eigenvalue weighted by molar-refractivity contribution is -0.130. The summed E-state index contributed by atoms with van der Waals surface area (Å²) in [4.78, 5) is 52.9. The third-order valence-corrected chi connectivity index (χ3v) is 8.13. The van der Waals surface area contributed by atoms with Crippen LogP contribution < -0.4 is 21.7 Å². The Balaban J connectivity index is 1.75. The molecule has 10 heteroatoms. The highest BCUT2D eigenvalue weighted by atomic mass is 16.2. The van der Waals surface area contributed by atoms with Crippen LogP contribution >= 0.6 is 0 Å². The molecule has 2 atom stereocenters. The molecule has 10 nitrogen and oxygen atoms in total. The molecule has 210 valence electrons. The quantitative estimate of drug-likeness (QED) is 0.391. The maximum Gasteiger partial charge on any atom is 0.251 e. The molecule has 2 aromatic carbocycles. The molecule has 0 bridgehead atoms. The summed E-state index contributed by atoms with van der Waals surface area (Å²) in [6, 6.07) is 12.0. The minimum absolute atomic E-state index is 0.0269. The molecule has 0 spiro atoms. The molecular weight excluding hydrogens is 508 g/mol. The topological polar surface area (TPSA) is 157 Å². The van der Waals surface area contributed by atoms with Crippen molar-refractivity contribution in [1.82, 2.24) is 20.9 Å². The van der Waals surface area contributed by atoms with Gasteiger partial charge in [-0.2, -0.15) is 5.26 Å². The van der Waals surface area contributed by atoms with Crippen molar-refractivity contribution in [3.8, 4) is 6.07 Å². The van der Waals surface area contributed by atoms with E-state index in [-0.39, 0.29) is 36.7 Å². The van der Waals surface area contributed by atoms with Crippen LogP contribution in [-0.2, 0) is 27.8 Å². The van der Waals surface area contributed by atoms with E-state index in [1.807, 2.05) is 6.92 Å². The van der Waals surface area contributed by atoms with Crippen molar-refractivity contribution >= 4 is 23.6 Å². The van der Waals surface area contributed by atoms with Crippen molar-refractivity contribution in [3.05, 3.63) is 69.8 Å². The van der Waals surface area contributed by atoms with E-state index in [9.17, 15) is 24.4 Å². The van der Waals surface area contributed by atoms with Crippen LogP contribution in [0.3, 0.4) is 0 Å². The Kier molecular flexibility index (Phi) is 8.55. The number of benzene rings is 2.